The summed E-state index contributed by atoms with van der Waals surface area (Å²) in [5, 5.41) is 6.29. The molecule has 0 saturated carbocycles. The van der Waals surface area contributed by atoms with Crippen molar-refractivity contribution < 1.29 is 13.5 Å². The first kappa shape index (κ1) is 23.6. The highest BCUT2D eigenvalue weighted by molar-refractivity contribution is 6.31. The third kappa shape index (κ3) is 4.79. The van der Waals surface area contributed by atoms with Gasteiger partial charge in [-0.3, -0.25) is 4.79 Å². The lowest BCUT2D eigenvalue weighted by atomic mass is 10.2. The molecule has 38 heavy (non-hydrogen) atoms. The summed E-state index contributed by atoms with van der Waals surface area (Å²) in [6.45, 7) is 0.287. The minimum atomic E-state index is -0.330. The molecule has 0 N–H and O–H groups in total. The van der Waals surface area contributed by atoms with Gasteiger partial charge in [-0.15, -0.1) is 0 Å². The zero-order chi connectivity index (χ0) is 26.1. The molecule has 8 heteroatoms. The van der Waals surface area contributed by atoms with Crippen LogP contribution in [0.4, 0.5) is 4.39 Å². The summed E-state index contributed by atoms with van der Waals surface area (Å²) in [6.07, 6.45) is 1.56. The number of halogens is 2. The zero-order valence-electron chi connectivity index (χ0n) is 19.8. The first-order valence-electron chi connectivity index (χ1n) is 11.8. The summed E-state index contributed by atoms with van der Waals surface area (Å²) in [7, 11) is 0. The lowest BCUT2D eigenvalue weighted by molar-refractivity contribution is 0.306. The number of para-hydroxylation sites is 1. The Balaban J connectivity index is 1.37. The highest BCUT2D eigenvalue weighted by atomic mass is 35.5. The van der Waals surface area contributed by atoms with E-state index >= 15 is 0 Å². The molecule has 6 nitrogen and oxygen atoms in total. The molecule has 0 aliphatic rings. The summed E-state index contributed by atoms with van der Waals surface area (Å²) in [5.74, 6) is 0.965. The second kappa shape index (κ2) is 9.95. The highest BCUT2D eigenvalue weighted by Gasteiger charge is 2.16. The maximum atomic E-state index is 13.5. The van der Waals surface area contributed by atoms with E-state index in [2.05, 4.69) is 5.10 Å². The van der Waals surface area contributed by atoms with E-state index in [9.17, 15) is 9.18 Å². The fourth-order valence-electron chi connectivity index (χ4n) is 4.07. The van der Waals surface area contributed by atoms with E-state index < -0.39 is 0 Å². The molecule has 0 aliphatic heterocycles. The van der Waals surface area contributed by atoms with Gasteiger partial charge in [0.05, 0.1) is 17.1 Å². The lowest BCUT2D eigenvalue weighted by Gasteiger charge is -2.08. The molecule has 2 heterocycles. The molecule has 0 saturated heterocycles. The van der Waals surface area contributed by atoms with Crippen LogP contribution in [0.5, 0.6) is 5.75 Å². The van der Waals surface area contributed by atoms with Crippen molar-refractivity contribution in [2.24, 2.45) is 5.10 Å². The van der Waals surface area contributed by atoms with Crippen molar-refractivity contribution in [3.63, 3.8) is 0 Å². The molecular weight excluding hydrogens is 505 g/mol. The monoisotopic (exact) mass is 523 g/mol. The van der Waals surface area contributed by atoms with Crippen LogP contribution in [0.15, 0.2) is 111 Å². The topological polar surface area (TPSA) is 69.6 Å². The Hall–Kier alpha value is -4.75. The van der Waals surface area contributed by atoms with Crippen LogP contribution in [-0.2, 0) is 6.61 Å². The second-order valence-electron chi connectivity index (χ2n) is 8.59. The molecule has 0 fully saturated rings. The van der Waals surface area contributed by atoms with Crippen LogP contribution in [0.1, 0.15) is 11.1 Å². The predicted octanol–water partition coefficient (Wildman–Crippen LogP) is 7.06. The first-order chi connectivity index (χ1) is 18.5. The molecule has 2 aromatic heterocycles. The van der Waals surface area contributed by atoms with Crippen LogP contribution in [0.3, 0.4) is 0 Å². The SMILES string of the molecule is O=c1c2ccccc2nc(-c2cc3cc(Cl)ccc3o2)n1N=Cc1cccc(OCc2ccc(F)cc2)c1. The van der Waals surface area contributed by atoms with Crippen LogP contribution in [0, 0.1) is 5.82 Å². The number of rotatable bonds is 6. The number of ether oxygens (including phenoxy) is 1. The van der Waals surface area contributed by atoms with Gasteiger partial charge in [0.25, 0.3) is 5.56 Å². The number of hydrogen-bond acceptors (Lipinski definition) is 5. The summed E-state index contributed by atoms with van der Waals surface area (Å²) in [5.41, 5.74) is 2.38. The molecule has 6 rings (SSSR count). The molecule has 186 valence electrons. The molecule has 0 unspecified atom stereocenters. The molecule has 0 spiro atoms. The van der Waals surface area contributed by atoms with Gasteiger partial charge in [-0.2, -0.15) is 9.78 Å². The smallest absolute Gasteiger partial charge is 0.282 e. The van der Waals surface area contributed by atoms with Gasteiger partial charge in [0.15, 0.2) is 5.76 Å². The van der Waals surface area contributed by atoms with Gasteiger partial charge in [0.2, 0.25) is 5.82 Å². The van der Waals surface area contributed by atoms with Crippen molar-refractivity contribution >= 4 is 39.7 Å². The van der Waals surface area contributed by atoms with Gasteiger partial charge in [-0.05, 0) is 71.8 Å². The maximum absolute atomic E-state index is 13.5. The Morgan fingerprint density at radius 2 is 1.82 bits per heavy atom. The second-order valence-corrected chi connectivity index (χ2v) is 9.03. The van der Waals surface area contributed by atoms with Crippen molar-refractivity contribution in [3.8, 4) is 17.3 Å². The maximum Gasteiger partial charge on any atom is 0.282 e. The van der Waals surface area contributed by atoms with Gasteiger partial charge in [0, 0.05) is 10.4 Å². The third-order valence-electron chi connectivity index (χ3n) is 5.95. The Morgan fingerprint density at radius 3 is 2.68 bits per heavy atom. The first-order valence-corrected chi connectivity index (χ1v) is 12.1. The number of fused-ring (bicyclic) bond motifs is 2. The minimum Gasteiger partial charge on any atom is -0.489 e. The van der Waals surface area contributed by atoms with Gasteiger partial charge < -0.3 is 9.15 Å². The molecular formula is C30H19ClFN3O3. The summed E-state index contributed by atoms with van der Waals surface area (Å²) < 4.78 is 26.2. The van der Waals surface area contributed by atoms with E-state index in [1.165, 1.54) is 16.8 Å². The van der Waals surface area contributed by atoms with Crippen LogP contribution in [-0.4, -0.2) is 15.9 Å². The van der Waals surface area contributed by atoms with E-state index in [1.54, 1.807) is 66.9 Å². The van der Waals surface area contributed by atoms with Crippen LogP contribution in [0.25, 0.3) is 33.5 Å². The Bertz CT molecular complexity index is 1880. The van der Waals surface area contributed by atoms with E-state index in [0.717, 1.165) is 10.9 Å². The summed E-state index contributed by atoms with van der Waals surface area (Å²) in [6, 6.07) is 27.6. The number of hydrogen-bond donors (Lipinski definition) is 0. The van der Waals surface area contributed by atoms with Crippen molar-refractivity contribution in [1.82, 2.24) is 9.66 Å². The average molecular weight is 524 g/mol. The van der Waals surface area contributed by atoms with E-state index in [1.807, 2.05) is 24.3 Å². The Morgan fingerprint density at radius 1 is 0.974 bits per heavy atom. The number of benzene rings is 4. The zero-order valence-corrected chi connectivity index (χ0v) is 20.6. The Kier molecular flexibility index (Phi) is 6.19. The molecule has 0 aliphatic carbocycles. The normalized spacial score (nSPS) is 11.5. The molecule has 0 atom stereocenters. The van der Waals surface area contributed by atoms with Crippen LogP contribution < -0.4 is 10.3 Å². The fourth-order valence-corrected chi connectivity index (χ4v) is 4.25. The number of aromatic nitrogens is 2. The van der Waals surface area contributed by atoms with E-state index in [0.29, 0.717) is 38.6 Å². The third-order valence-corrected chi connectivity index (χ3v) is 6.19. The lowest BCUT2D eigenvalue weighted by Crippen LogP contribution is -2.20. The van der Waals surface area contributed by atoms with Crippen molar-refractivity contribution in [3.05, 3.63) is 129 Å². The quantitative estimate of drug-likeness (QED) is 0.219. The van der Waals surface area contributed by atoms with Crippen LogP contribution in [0.2, 0.25) is 5.02 Å². The molecule has 0 amide bonds. The standard InChI is InChI=1S/C30H19ClFN3O3/c31-22-10-13-27-21(15-22)16-28(38-27)29-34-26-7-2-1-6-25(26)30(36)35(29)33-17-20-4-3-5-24(14-20)37-18-19-8-11-23(32)12-9-19/h1-17H,18H2. The minimum absolute atomic E-state index is 0.265. The molecule has 0 radical (unpaired) electrons. The van der Waals surface area contributed by atoms with Crippen molar-refractivity contribution in [2.75, 3.05) is 0 Å². The van der Waals surface area contributed by atoms with Gasteiger partial charge in [-0.25, -0.2) is 9.37 Å². The van der Waals surface area contributed by atoms with Crippen LogP contribution >= 0.6 is 11.6 Å². The van der Waals surface area contributed by atoms with Gasteiger partial charge in [0.1, 0.15) is 23.8 Å². The van der Waals surface area contributed by atoms with E-state index in [-0.39, 0.29) is 23.8 Å². The van der Waals surface area contributed by atoms with Crippen molar-refractivity contribution in [1.29, 1.82) is 0 Å². The predicted molar refractivity (Wildman–Crippen MR) is 146 cm³/mol. The van der Waals surface area contributed by atoms with Gasteiger partial charge in [-0.1, -0.05) is 48.0 Å². The Labute approximate surface area is 221 Å². The molecule has 0 bridgehead atoms. The molecule has 6 aromatic rings. The summed E-state index contributed by atoms with van der Waals surface area (Å²) in [4.78, 5) is 18.2. The number of furan rings is 1. The van der Waals surface area contributed by atoms with E-state index in [4.69, 9.17) is 25.7 Å². The highest BCUT2D eigenvalue weighted by Crippen LogP contribution is 2.29. The number of nitrogens with zero attached hydrogens (tertiary/aromatic N) is 3. The molecule has 4 aromatic carbocycles. The summed E-state index contributed by atoms with van der Waals surface area (Å²) >= 11 is 6.14. The largest absolute Gasteiger partial charge is 0.489 e. The fraction of sp³-hybridized carbons (Fsp3) is 0.0333. The van der Waals surface area contributed by atoms with Crippen molar-refractivity contribution in [2.45, 2.75) is 6.61 Å². The van der Waals surface area contributed by atoms with Gasteiger partial charge >= 0.3 is 0 Å². The average Bonchev–Trinajstić information content (AvgIpc) is 3.35.